The zero-order valence-corrected chi connectivity index (χ0v) is 7.65. The van der Waals surface area contributed by atoms with Crippen molar-refractivity contribution in [1.29, 1.82) is 0 Å². The highest BCUT2D eigenvalue weighted by Gasteiger charge is 2.15. The molecule has 1 heterocycles. The van der Waals surface area contributed by atoms with E-state index in [1.165, 1.54) is 19.5 Å². The zero-order chi connectivity index (χ0) is 7.98. The van der Waals surface area contributed by atoms with Gasteiger partial charge >= 0.3 is 0 Å². The molecule has 0 aromatic heterocycles. The van der Waals surface area contributed by atoms with E-state index in [1.807, 2.05) is 13.8 Å². The van der Waals surface area contributed by atoms with Crippen molar-refractivity contribution in [3.63, 3.8) is 0 Å². The van der Waals surface area contributed by atoms with Crippen LogP contribution in [0.4, 0.5) is 0 Å². The van der Waals surface area contributed by atoms with E-state index in [4.69, 9.17) is 0 Å². The first-order valence-corrected chi connectivity index (χ1v) is 4.17. The molecule has 0 aliphatic carbocycles. The van der Waals surface area contributed by atoms with Crippen molar-refractivity contribution >= 4 is 0 Å². The van der Waals surface area contributed by atoms with Crippen LogP contribution in [0.15, 0.2) is 0 Å². The lowest BCUT2D eigenvalue weighted by Gasteiger charge is -2.29. The van der Waals surface area contributed by atoms with Crippen LogP contribution < -0.4 is 5.32 Å². The van der Waals surface area contributed by atoms with E-state index < -0.39 is 0 Å². The molecule has 10 heavy (non-hydrogen) atoms. The van der Waals surface area contributed by atoms with E-state index in [1.54, 1.807) is 0 Å². The van der Waals surface area contributed by atoms with Crippen LogP contribution in [0.3, 0.4) is 0 Å². The number of nitrogens with one attached hydrogen (secondary N) is 1. The van der Waals surface area contributed by atoms with Crippen LogP contribution in [0.2, 0.25) is 0 Å². The molecule has 1 rings (SSSR count). The van der Waals surface area contributed by atoms with Crippen LogP contribution in [-0.4, -0.2) is 38.1 Å². The minimum atomic E-state index is 0.782. The van der Waals surface area contributed by atoms with E-state index in [9.17, 15) is 0 Å². The topological polar surface area (TPSA) is 15.3 Å². The molecule has 62 valence electrons. The van der Waals surface area contributed by atoms with Gasteiger partial charge in [-0.2, -0.15) is 0 Å². The van der Waals surface area contributed by atoms with E-state index in [2.05, 4.69) is 24.3 Å². The molecule has 1 N–H and O–H groups in total. The zero-order valence-electron chi connectivity index (χ0n) is 7.65. The van der Waals surface area contributed by atoms with Crippen LogP contribution in [0.1, 0.15) is 20.3 Å². The maximum atomic E-state index is 3.34. The third kappa shape index (κ3) is 3.85. The Morgan fingerprint density at radius 3 is 2.00 bits per heavy atom. The second-order valence-electron chi connectivity index (χ2n) is 2.70. The van der Waals surface area contributed by atoms with Gasteiger partial charge in [0.05, 0.1) is 0 Å². The van der Waals surface area contributed by atoms with Gasteiger partial charge in [-0.05, 0) is 27.1 Å². The molecule has 0 saturated carbocycles. The Labute approximate surface area is 64.6 Å². The second-order valence-corrected chi connectivity index (χ2v) is 2.70. The number of likely N-dealkylation sites (N-methyl/N-ethyl adjacent to an activating group) is 1. The van der Waals surface area contributed by atoms with Crippen molar-refractivity contribution in [3.8, 4) is 0 Å². The number of hydrogen-bond acceptors (Lipinski definition) is 2. The average Bonchev–Trinajstić information content (AvgIpc) is 1.84. The van der Waals surface area contributed by atoms with Crippen molar-refractivity contribution in [3.05, 3.63) is 0 Å². The van der Waals surface area contributed by atoms with Gasteiger partial charge in [0.1, 0.15) is 0 Å². The molecule has 1 atom stereocenters. The van der Waals surface area contributed by atoms with Gasteiger partial charge < -0.3 is 10.2 Å². The summed E-state index contributed by atoms with van der Waals surface area (Å²) in [6.45, 7) is 6.42. The first kappa shape index (κ1) is 9.92. The molecule has 1 fully saturated rings. The Morgan fingerprint density at radius 2 is 1.90 bits per heavy atom. The Hall–Kier alpha value is -0.0800. The molecule has 1 saturated heterocycles. The number of nitrogens with zero attached hydrogens (tertiary/aromatic N) is 1. The van der Waals surface area contributed by atoms with E-state index >= 15 is 0 Å². The van der Waals surface area contributed by atoms with Crippen molar-refractivity contribution in [2.45, 2.75) is 26.3 Å². The molecule has 1 aliphatic rings. The molecule has 1 aliphatic heterocycles. The molecule has 0 aromatic rings. The summed E-state index contributed by atoms with van der Waals surface area (Å²) in [5.74, 6) is 0. The minimum absolute atomic E-state index is 0.782. The Balaban J connectivity index is 0.000000371. The first-order valence-electron chi connectivity index (χ1n) is 4.17. The summed E-state index contributed by atoms with van der Waals surface area (Å²) in [5.41, 5.74) is 0. The van der Waals surface area contributed by atoms with E-state index in [0.717, 1.165) is 6.04 Å². The Kier molecular flexibility index (Phi) is 5.64. The normalized spacial score (nSPS) is 23.1. The first-order chi connectivity index (χ1) is 4.79. The minimum Gasteiger partial charge on any atom is -0.313 e. The standard InChI is InChI=1S/C6H14N2.C2H6/c1-8(2)5-6-3-4-7-6;1-2/h6-7H,3-5H2,1-2H3;1-2H3. The van der Waals surface area contributed by atoms with Gasteiger partial charge in [0.15, 0.2) is 0 Å². The summed E-state index contributed by atoms with van der Waals surface area (Å²) < 4.78 is 0. The van der Waals surface area contributed by atoms with Crippen LogP contribution in [0, 0.1) is 0 Å². The summed E-state index contributed by atoms with van der Waals surface area (Å²) in [4.78, 5) is 2.22. The molecule has 2 nitrogen and oxygen atoms in total. The third-order valence-electron chi connectivity index (χ3n) is 1.51. The molecular weight excluding hydrogens is 124 g/mol. The highest BCUT2D eigenvalue weighted by molar-refractivity contribution is 4.78. The lowest BCUT2D eigenvalue weighted by molar-refractivity contribution is 0.273. The SMILES string of the molecule is CC.CN(C)CC1CCN1. The number of hydrogen-bond donors (Lipinski definition) is 1. The fraction of sp³-hybridized carbons (Fsp3) is 1.00. The molecular formula is C8H20N2. The summed E-state index contributed by atoms with van der Waals surface area (Å²) >= 11 is 0. The number of rotatable bonds is 2. The lowest BCUT2D eigenvalue weighted by atomic mass is 10.1. The second kappa shape index (κ2) is 5.69. The summed E-state index contributed by atoms with van der Waals surface area (Å²) in [5, 5.41) is 3.34. The molecule has 0 aromatic carbocycles. The van der Waals surface area contributed by atoms with Crippen LogP contribution in [0.5, 0.6) is 0 Å². The van der Waals surface area contributed by atoms with Crippen LogP contribution >= 0.6 is 0 Å². The predicted molar refractivity (Wildman–Crippen MR) is 46.3 cm³/mol. The van der Waals surface area contributed by atoms with Crippen molar-refractivity contribution in [1.82, 2.24) is 10.2 Å². The van der Waals surface area contributed by atoms with Gasteiger partial charge in [-0.25, -0.2) is 0 Å². The Bertz CT molecular complexity index is 67.7. The highest BCUT2D eigenvalue weighted by atomic mass is 15.1. The smallest absolute Gasteiger partial charge is 0.0206 e. The van der Waals surface area contributed by atoms with Crippen molar-refractivity contribution in [2.24, 2.45) is 0 Å². The van der Waals surface area contributed by atoms with Gasteiger partial charge in [-0.15, -0.1) is 0 Å². The van der Waals surface area contributed by atoms with Gasteiger partial charge in [-0.3, -0.25) is 0 Å². The van der Waals surface area contributed by atoms with Gasteiger partial charge in [0.2, 0.25) is 0 Å². The predicted octanol–water partition coefficient (Wildman–Crippen LogP) is 0.936. The van der Waals surface area contributed by atoms with Gasteiger partial charge in [0, 0.05) is 12.6 Å². The Morgan fingerprint density at radius 1 is 1.40 bits per heavy atom. The molecule has 1 unspecified atom stereocenters. The quantitative estimate of drug-likeness (QED) is 0.620. The summed E-state index contributed by atoms with van der Waals surface area (Å²) in [6, 6.07) is 0.782. The highest BCUT2D eigenvalue weighted by Crippen LogP contribution is 2.01. The molecule has 0 radical (unpaired) electrons. The molecule has 0 amide bonds. The van der Waals surface area contributed by atoms with E-state index in [-0.39, 0.29) is 0 Å². The summed E-state index contributed by atoms with van der Waals surface area (Å²) in [7, 11) is 4.22. The fourth-order valence-electron chi connectivity index (χ4n) is 0.945. The van der Waals surface area contributed by atoms with Crippen molar-refractivity contribution in [2.75, 3.05) is 27.2 Å². The summed E-state index contributed by atoms with van der Waals surface area (Å²) in [6.07, 6.45) is 1.36. The van der Waals surface area contributed by atoms with Gasteiger partial charge in [-0.1, -0.05) is 13.8 Å². The lowest BCUT2D eigenvalue weighted by Crippen LogP contribution is -2.48. The monoisotopic (exact) mass is 144 g/mol. The van der Waals surface area contributed by atoms with Crippen molar-refractivity contribution < 1.29 is 0 Å². The largest absolute Gasteiger partial charge is 0.313 e. The van der Waals surface area contributed by atoms with E-state index in [0.29, 0.717) is 0 Å². The molecule has 0 bridgehead atoms. The molecule has 0 spiro atoms. The fourth-order valence-corrected chi connectivity index (χ4v) is 0.945. The maximum Gasteiger partial charge on any atom is 0.0206 e. The molecule has 2 heteroatoms. The van der Waals surface area contributed by atoms with Crippen LogP contribution in [0.25, 0.3) is 0 Å². The van der Waals surface area contributed by atoms with Crippen LogP contribution in [-0.2, 0) is 0 Å². The third-order valence-corrected chi connectivity index (χ3v) is 1.51. The average molecular weight is 144 g/mol. The maximum absolute atomic E-state index is 3.34. The van der Waals surface area contributed by atoms with Gasteiger partial charge in [0.25, 0.3) is 0 Å².